The fourth-order valence-corrected chi connectivity index (χ4v) is 6.83. The molecule has 2 saturated carbocycles. The summed E-state index contributed by atoms with van der Waals surface area (Å²) in [5.41, 5.74) is 7.48. The minimum Gasteiger partial charge on any atom is -0.370 e. The van der Waals surface area contributed by atoms with Crippen molar-refractivity contribution in [2.75, 3.05) is 23.3 Å². The summed E-state index contributed by atoms with van der Waals surface area (Å²) < 4.78 is 0. The van der Waals surface area contributed by atoms with Crippen molar-refractivity contribution >= 4 is 17.3 Å². The molecule has 2 fully saturated rings. The van der Waals surface area contributed by atoms with E-state index in [0.29, 0.717) is 11.8 Å². The van der Waals surface area contributed by atoms with Gasteiger partial charge in [-0.2, -0.15) is 0 Å². The second-order valence-corrected chi connectivity index (χ2v) is 9.83. The number of hydrogen-bond acceptors (Lipinski definition) is 2. The third-order valence-electron chi connectivity index (χ3n) is 8.05. The highest BCUT2D eigenvalue weighted by atomic mass is 16.1. The van der Waals surface area contributed by atoms with Crippen LogP contribution in [0.5, 0.6) is 0 Å². The second kappa shape index (κ2) is 6.62. The molecule has 2 aliphatic heterocycles. The van der Waals surface area contributed by atoms with Crippen LogP contribution in [0, 0.1) is 18.8 Å². The van der Waals surface area contributed by atoms with Crippen LogP contribution in [0.4, 0.5) is 11.4 Å². The molecule has 2 aromatic rings. The van der Waals surface area contributed by atoms with Crippen molar-refractivity contribution in [3.8, 4) is 0 Å². The lowest BCUT2D eigenvalue weighted by Crippen LogP contribution is -2.43. The van der Waals surface area contributed by atoms with E-state index in [1.807, 2.05) is 31.2 Å². The number of aryl methyl sites for hydroxylation is 1. The standard InChI is InChI=1S/C26H30N2O/c1-16-5-2-6-17(11-16)26(29)27-20-12-23-21-9-3-7-18(21)14-28-15-19-8-4-10-22(19)24(13-20)25(23)28/h2,5-6,11-13,18-19,21-22H,3-4,7-10,14-15H2,1H3,(H,27,29)/t18-,19-,21-,22+/m0/s1. The summed E-state index contributed by atoms with van der Waals surface area (Å²) in [5, 5.41) is 3.25. The molecular formula is C26H30N2O. The van der Waals surface area contributed by atoms with Crippen LogP contribution in [0.3, 0.4) is 0 Å². The summed E-state index contributed by atoms with van der Waals surface area (Å²) in [6.07, 6.45) is 8.06. The van der Waals surface area contributed by atoms with Gasteiger partial charge in [0.25, 0.3) is 5.91 Å². The number of carbonyl (C=O) groups excluding carboxylic acids is 1. The van der Waals surface area contributed by atoms with Gasteiger partial charge in [0.1, 0.15) is 0 Å². The molecule has 4 atom stereocenters. The fraction of sp³-hybridized carbons (Fsp3) is 0.500. The van der Waals surface area contributed by atoms with Gasteiger partial charge in [-0.05, 0) is 91.7 Å². The summed E-state index contributed by atoms with van der Waals surface area (Å²) in [6, 6.07) is 12.5. The van der Waals surface area contributed by atoms with E-state index >= 15 is 0 Å². The molecule has 6 rings (SSSR count). The molecule has 2 aliphatic carbocycles. The van der Waals surface area contributed by atoms with Gasteiger partial charge in [-0.25, -0.2) is 0 Å². The van der Waals surface area contributed by atoms with Gasteiger partial charge in [-0.3, -0.25) is 4.79 Å². The maximum Gasteiger partial charge on any atom is 0.255 e. The summed E-state index contributed by atoms with van der Waals surface area (Å²) in [5.74, 6) is 2.99. The molecule has 2 aromatic carbocycles. The molecule has 2 heterocycles. The lowest BCUT2D eigenvalue weighted by Gasteiger charge is -2.46. The summed E-state index contributed by atoms with van der Waals surface area (Å²) in [7, 11) is 0. The molecule has 150 valence electrons. The van der Waals surface area contributed by atoms with E-state index in [-0.39, 0.29) is 5.91 Å². The van der Waals surface area contributed by atoms with Gasteiger partial charge >= 0.3 is 0 Å². The van der Waals surface area contributed by atoms with E-state index in [0.717, 1.165) is 28.7 Å². The molecule has 0 spiro atoms. The first-order valence-electron chi connectivity index (χ1n) is 11.5. The number of hydrogen-bond donors (Lipinski definition) is 1. The molecule has 0 bridgehead atoms. The number of benzene rings is 2. The van der Waals surface area contributed by atoms with Crippen molar-refractivity contribution < 1.29 is 4.79 Å². The number of anilines is 2. The van der Waals surface area contributed by atoms with Gasteiger partial charge in [0.05, 0.1) is 0 Å². The lowest BCUT2D eigenvalue weighted by atomic mass is 9.75. The topological polar surface area (TPSA) is 32.3 Å². The molecule has 0 radical (unpaired) electrons. The average Bonchev–Trinajstić information content (AvgIpc) is 3.37. The molecule has 3 heteroatoms. The minimum absolute atomic E-state index is 0.00951. The zero-order valence-electron chi connectivity index (χ0n) is 17.3. The third-order valence-corrected chi connectivity index (χ3v) is 8.05. The minimum atomic E-state index is 0.00951. The van der Waals surface area contributed by atoms with Gasteiger partial charge in [-0.15, -0.1) is 0 Å². The van der Waals surface area contributed by atoms with Crippen molar-refractivity contribution in [1.29, 1.82) is 0 Å². The maximum absolute atomic E-state index is 12.9. The van der Waals surface area contributed by atoms with E-state index in [9.17, 15) is 4.79 Å². The van der Waals surface area contributed by atoms with Crippen LogP contribution in [-0.4, -0.2) is 19.0 Å². The van der Waals surface area contributed by atoms with Crippen LogP contribution >= 0.6 is 0 Å². The Morgan fingerprint density at radius 3 is 2.21 bits per heavy atom. The fourth-order valence-electron chi connectivity index (χ4n) is 6.83. The lowest BCUT2D eigenvalue weighted by molar-refractivity contribution is 0.102. The summed E-state index contributed by atoms with van der Waals surface area (Å²) in [6.45, 7) is 4.54. The van der Waals surface area contributed by atoms with Gasteiger partial charge in [0.15, 0.2) is 0 Å². The Balaban J connectivity index is 1.42. The Hall–Kier alpha value is -2.29. The number of nitrogens with one attached hydrogen (secondary N) is 1. The molecule has 0 unspecified atom stereocenters. The summed E-state index contributed by atoms with van der Waals surface area (Å²) in [4.78, 5) is 15.7. The van der Waals surface area contributed by atoms with Crippen LogP contribution < -0.4 is 10.2 Å². The van der Waals surface area contributed by atoms with E-state index in [4.69, 9.17) is 0 Å². The van der Waals surface area contributed by atoms with Crippen LogP contribution in [0.2, 0.25) is 0 Å². The van der Waals surface area contributed by atoms with E-state index < -0.39 is 0 Å². The van der Waals surface area contributed by atoms with Crippen molar-refractivity contribution in [1.82, 2.24) is 0 Å². The molecule has 3 nitrogen and oxygen atoms in total. The summed E-state index contributed by atoms with van der Waals surface area (Å²) >= 11 is 0. The zero-order chi connectivity index (χ0) is 19.5. The quantitative estimate of drug-likeness (QED) is 0.702. The molecule has 29 heavy (non-hydrogen) atoms. The van der Waals surface area contributed by atoms with Crippen LogP contribution in [0.15, 0.2) is 36.4 Å². The van der Waals surface area contributed by atoms with Crippen molar-refractivity contribution in [3.63, 3.8) is 0 Å². The van der Waals surface area contributed by atoms with Gasteiger partial charge < -0.3 is 10.2 Å². The molecule has 4 aliphatic rings. The number of rotatable bonds is 2. The highest BCUT2D eigenvalue weighted by Gasteiger charge is 2.44. The van der Waals surface area contributed by atoms with E-state index in [1.54, 1.807) is 5.69 Å². The first-order valence-corrected chi connectivity index (χ1v) is 11.5. The Bertz CT molecular complexity index is 935. The number of carbonyl (C=O) groups is 1. The maximum atomic E-state index is 12.9. The predicted molar refractivity (Wildman–Crippen MR) is 118 cm³/mol. The van der Waals surface area contributed by atoms with Crippen LogP contribution in [0.1, 0.15) is 77.4 Å². The van der Waals surface area contributed by atoms with E-state index in [2.05, 4.69) is 22.3 Å². The first-order chi connectivity index (χ1) is 14.2. The Morgan fingerprint density at radius 1 is 0.931 bits per heavy atom. The SMILES string of the molecule is Cc1cccc(C(=O)Nc2cc3c4c(c2)[C@@H]2CCC[C@H]2CN4C[C@@H]2CCC[C@H]32)c1. The van der Waals surface area contributed by atoms with Crippen LogP contribution in [-0.2, 0) is 0 Å². The smallest absolute Gasteiger partial charge is 0.255 e. The second-order valence-electron chi connectivity index (χ2n) is 9.83. The van der Waals surface area contributed by atoms with Gasteiger partial charge in [0.2, 0.25) is 0 Å². The molecule has 0 aromatic heterocycles. The molecular weight excluding hydrogens is 356 g/mol. The highest BCUT2D eigenvalue weighted by Crippen LogP contribution is 2.56. The third kappa shape index (κ3) is 2.81. The largest absolute Gasteiger partial charge is 0.370 e. The number of fused-ring (bicyclic) bond motifs is 4. The van der Waals surface area contributed by atoms with Crippen LogP contribution in [0.25, 0.3) is 0 Å². The number of amides is 1. The molecule has 1 N–H and O–H groups in total. The Morgan fingerprint density at radius 2 is 1.59 bits per heavy atom. The van der Waals surface area contributed by atoms with Crippen molar-refractivity contribution in [2.45, 2.75) is 57.3 Å². The normalized spacial score (nSPS) is 29.2. The first kappa shape index (κ1) is 17.6. The van der Waals surface area contributed by atoms with Crippen molar-refractivity contribution in [3.05, 3.63) is 58.7 Å². The Kier molecular flexibility index (Phi) is 4.01. The molecule has 0 saturated heterocycles. The molecule has 1 amide bonds. The average molecular weight is 387 g/mol. The van der Waals surface area contributed by atoms with Crippen molar-refractivity contribution in [2.24, 2.45) is 11.8 Å². The monoisotopic (exact) mass is 386 g/mol. The van der Waals surface area contributed by atoms with Gasteiger partial charge in [0, 0.05) is 30.0 Å². The predicted octanol–water partition coefficient (Wildman–Crippen LogP) is 5.85. The zero-order valence-corrected chi connectivity index (χ0v) is 17.3. The highest BCUT2D eigenvalue weighted by molar-refractivity contribution is 6.04. The Labute approximate surface area is 173 Å². The van der Waals surface area contributed by atoms with Gasteiger partial charge in [-0.1, -0.05) is 30.5 Å². The van der Waals surface area contributed by atoms with E-state index in [1.165, 1.54) is 62.7 Å². The number of nitrogens with zero attached hydrogens (tertiary/aromatic N) is 1.